The van der Waals surface area contributed by atoms with Crippen LogP contribution in [0.3, 0.4) is 0 Å². The predicted molar refractivity (Wildman–Crippen MR) is 120 cm³/mol. The fourth-order valence-corrected chi connectivity index (χ4v) is 4.80. The number of hydrogen-bond donors (Lipinski definition) is 3. The Labute approximate surface area is 180 Å². The molecule has 1 saturated carbocycles. The van der Waals surface area contributed by atoms with Crippen molar-refractivity contribution in [3.8, 4) is 0 Å². The molecule has 30 heavy (non-hydrogen) atoms. The number of aryl methyl sites for hydroxylation is 1. The number of carbonyl (C=O) groups excluding carboxylic acids is 1. The van der Waals surface area contributed by atoms with Gasteiger partial charge in [0.1, 0.15) is 0 Å². The van der Waals surface area contributed by atoms with Crippen molar-refractivity contribution < 1.29 is 15.0 Å². The number of nitrogens with zero attached hydrogens (tertiary/aromatic N) is 1. The summed E-state index contributed by atoms with van der Waals surface area (Å²) in [4.78, 5) is 13.2. The first-order chi connectivity index (χ1) is 14.3. The number of aliphatic hydroxyl groups is 2. The zero-order valence-electron chi connectivity index (χ0n) is 18.4. The minimum absolute atomic E-state index is 0.0878. The lowest BCUT2D eigenvalue weighted by molar-refractivity contribution is -0.127. The lowest BCUT2D eigenvalue weighted by Gasteiger charge is -2.19. The molecule has 0 radical (unpaired) electrons. The molecule has 1 aromatic rings. The summed E-state index contributed by atoms with van der Waals surface area (Å²) in [7, 11) is 3.53. The molecule has 5 nitrogen and oxygen atoms in total. The van der Waals surface area contributed by atoms with Gasteiger partial charge in [-0.1, -0.05) is 53.6 Å². The topological polar surface area (TPSA) is 72.8 Å². The minimum Gasteiger partial charge on any atom is -0.392 e. The van der Waals surface area contributed by atoms with Crippen LogP contribution in [-0.2, 0) is 11.2 Å². The second-order valence-corrected chi connectivity index (χ2v) is 9.10. The Bertz CT molecular complexity index is 786. The van der Waals surface area contributed by atoms with Crippen molar-refractivity contribution in [3.05, 3.63) is 59.2 Å². The van der Waals surface area contributed by atoms with Crippen LogP contribution in [0.15, 0.2) is 48.1 Å². The molecular formula is C25H36N2O3. The van der Waals surface area contributed by atoms with Crippen molar-refractivity contribution in [2.24, 2.45) is 17.8 Å². The van der Waals surface area contributed by atoms with Crippen LogP contribution in [0.25, 0.3) is 0 Å². The first-order valence-electron chi connectivity index (χ1n) is 11.0. The Kier molecular flexibility index (Phi) is 7.87. The van der Waals surface area contributed by atoms with Gasteiger partial charge in [-0.3, -0.25) is 4.79 Å². The van der Waals surface area contributed by atoms with Crippen molar-refractivity contribution in [2.45, 2.75) is 44.8 Å². The highest BCUT2D eigenvalue weighted by Crippen LogP contribution is 2.47. The Morgan fingerprint density at radius 2 is 2.17 bits per heavy atom. The van der Waals surface area contributed by atoms with E-state index in [2.05, 4.69) is 30.4 Å². The molecule has 0 bridgehead atoms. The number of hydrogen-bond acceptors (Lipinski definition) is 4. The SMILES string of the molecule is Cc1cccc(C[C@H](O)/C=C/[C@@H]2[C@H]3CC(CCNCC(=O)N(C)C)=C[C@H]3C[C@H]2O)c1. The molecule has 0 aromatic heterocycles. The monoisotopic (exact) mass is 412 g/mol. The van der Waals surface area contributed by atoms with Crippen LogP contribution in [0, 0.1) is 24.7 Å². The lowest BCUT2D eigenvalue weighted by atomic mass is 9.88. The molecule has 1 aromatic carbocycles. The van der Waals surface area contributed by atoms with Gasteiger partial charge in [0, 0.05) is 26.4 Å². The summed E-state index contributed by atoms with van der Waals surface area (Å²) in [6.45, 7) is 3.22. The average molecular weight is 413 g/mol. The minimum atomic E-state index is -0.537. The van der Waals surface area contributed by atoms with Crippen molar-refractivity contribution in [2.75, 3.05) is 27.2 Å². The van der Waals surface area contributed by atoms with Crippen molar-refractivity contribution >= 4 is 5.91 Å². The summed E-state index contributed by atoms with van der Waals surface area (Å²) in [5.41, 5.74) is 3.74. The summed E-state index contributed by atoms with van der Waals surface area (Å²) >= 11 is 0. The molecule has 2 aliphatic carbocycles. The normalized spacial score (nSPS) is 26.6. The van der Waals surface area contributed by atoms with Gasteiger partial charge in [-0.2, -0.15) is 0 Å². The standard InChI is InChI=1S/C25H36N2O3/c1-17-5-4-6-18(11-17)13-21(28)7-8-22-23-14-19(12-20(23)15-24(22)29)9-10-26-16-25(30)27(2)3/h4-8,11-12,20-24,26,28-29H,9-10,13-16H2,1-3H3/b8-7+/t20-,21+,22+,23-,24+/m0/s1. The van der Waals surface area contributed by atoms with Gasteiger partial charge in [0.2, 0.25) is 5.91 Å². The maximum absolute atomic E-state index is 11.6. The van der Waals surface area contributed by atoms with Crippen LogP contribution in [0.4, 0.5) is 0 Å². The molecule has 1 amide bonds. The van der Waals surface area contributed by atoms with Gasteiger partial charge in [0.05, 0.1) is 18.8 Å². The molecule has 3 rings (SSSR count). The van der Waals surface area contributed by atoms with Crippen molar-refractivity contribution in [3.63, 3.8) is 0 Å². The van der Waals surface area contributed by atoms with Gasteiger partial charge in [-0.05, 0) is 50.1 Å². The van der Waals surface area contributed by atoms with E-state index in [1.165, 1.54) is 11.1 Å². The number of amides is 1. The first-order valence-corrected chi connectivity index (χ1v) is 11.0. The van der Waals surface area contributed by atoms with E-state index >= 15 is 0 Å². The third kappa shape index (κ3) is 6.03. The highest BCUT2D eigenvalue weighted by atomic mass is 16.3. The number of likely N-dealkylation sites (N-methyl/N-ethyl adjacent to an activating group) is 1. The second kappa shape index (κ2) is 10.4. The fourth-order valence-electron chi connectivity index (χ4n) is 4.80. The molecule has 0 heterocycles. The molecule has 1 fully saturated rings. The zero-order valence-corrected chi connectivity index (χ0v) is 18.4. The highest BCUT2D eigenvalue weighted by molar-refractivity contribution is 5.77. The van der Waals surface area contributed by atoms with Gasteiger partial charge in [-0.15, -0.1) is 0 Å². The highest BCUT2D eigenvalue weighted by Gasteiger charge is 2.43. The number of benzene rings is 1. The summed E-state index contributed by atoms with van der Waals surface area (Å²) in [5, 5.41) is 24.2. The largest absolute Gasteiger partial charge is 0.392 e. The molecule has 0 spiro atoms. The van der Waals surface area contributed by atoms with Gasteiger partial charge < -0.3 is 20.4 Å². The van der Waals surface area contributed by atoms with E-state index in [4.69, 9.17) is 0 Å². The van der Waals surface area contributed by atoms with E-state index in [1.54, 1.807) is 19.0 Å². The van der Waals surface area contributed by atoms with E-state index in [0.29, 0.717) is 24.8 Å². The number of allylic oxidation sites excluding steroid dienone is 1. The molecule has 2 aliphatic rings. The predicted octanol–water partition coefficient (Wildman–Crippen LogP) is 2.47. The van der Waals surface area contributed by atoms with E-state index < -0.39 is 6.10 Å². The number of fused-ring (bicyclic) bond motifs is 1. The molecular weight excluding hydrogens is 376 g/mol. The average Bonchev–Trinajstić information content (AvgIpc) is 3.19. The first kappa shape index (κ1) is 22.7. The van der Waals surface area contributed by atoms with Gasteiger partial charge >= 0.3 is 0 Å². The smallest absolute Gasteiger partial charge is 0.236 e. The maximum Gasteiger partial charge on any atom is 0.236 e. The van der Waals surface area contributed by atoms with E-state index in [9.17, 15) is 15.0 Å². The summed E-state index contributed by atoms with van der Waals surface area (Å²) in [6, 6.07) is 8.22. The molecule has 164 valence electrons. The summed E-state index contributed by atoms with van der Waals surface area (Å²) in [5.74, 6) is 1.02. The molecule has 5 heteroatoms. The summed E-state index contributed by atoms with van der Waals surface area (Å²) < 4.78 is 0. The van der Waals surface area contributed by atoms with E-state index in [1.807, 2.05) is 24.3 Å². The lowest BCUT2D eigenvalue weighted by Crippen LogP contribution is -2.33. The van der Waals surface area contributed by atoms with Crippen LogP contribution in [0.1, 0.15) is 30.4 Å². The zero-order chi connectivity index (χ0) is 21.7. The molecule has 0 unspecified atom stereocenters. The van der Waals surface area contributed by atoms with Crippen LogP contribution < -0.4 is 5.32 Å². The van der Waals surface area contributed by atoms with E-state index in [-0.39, 0.29) is 17.9 Å². The van der Waals surface area contributed by atoms with Crippen LogP contribution in [0.5, 0.6) is 0 Å². The quantitative estimate of drug-likeness (QED) is 0.430. The molecule has 5 atom stereocenters. The summed E-state index contributed by atoms with van der Waals surface area (Å²) in [6.07, 6.45) is 8.69. The second-order valence-electron chi connectivity index (χ2n) is 9.10. The number of carbonyl (C=O) groups is 1. The maximum atomic E-state index is 11.6. The Morgan fingerprint density at radius 3 is 2.90 bits per heavy atom. The third-order valence-corrected chi connectivity index (χ3v) is 6.43. The fraction of sp³-hybridized carbons (Fsp3) is 0.560. The Hall–Kier alpha value is -1.95. The molecule has 0 saturated heterocycles. The van der Waals surface area contributed by atoms with Crippen LogP contribution in [-0.4, -0.2) is 60.4 Å². The van der Waals surface area contributed by atoms with Crippen LogP contribution in [0.2, 0.25) is 0 Å². The molecule has 0 aliphatic heterocycles. The van der Waals surface area contributed by atoms with E-state index in [0.717, 1.165) is 31.4 Å². The number of rotatable bonds is 9. The Balaban J connectivity index is 1.47. The number of aliphatic hydroxyl groups excluding tert-OH is 2. The van der Waals surface area contributed by atoms with Gasteiger partial charge in [0.15, 0.2) is 0 Å². The van der Waals surface area contributed by atoms with Crippen LogP contribution >= 0.6 is 0 Å². The van der Waals surface area contributed by atoms with Gasteiger partial charge in [0.25, 0.3) is 0 Å². The van der Waals surface area contributed by atoms with Crippen molar-refractivity contribution in [1.29, 1.82) is 0 Å². The Morgan fingerprint density at radius 1 is 1.37 bits per heavy atom. The van der Waals surface area contributed by atoms with Crippen molar-refractivity contribution in [1.82, 2.24) is 10.2 Å². The van der Waals surface area contributed by atoms with Gasteiger partial charge in [-0.25, -0.2) is 0 Å². The molecule has 3 N–H and O–H groups in total. The third-order valence-electron chi connectivity index (χ3n) is 6.43. The number of nitrogens with one attached hydrogen (secondary N) is 1.